The van der Waals surface area contributed by atoms with Crippen molar-refractivity contribution in [1.82, 2.24) is 4.98 Å². The molecule has 0 N–H and O–H groups in total. The van der Waals surface area contributed by atoms with E-state index in [1.165, 1.54) is 4.90 Å². The van der Waals surface area contributed by atoms with E-state index in [-0.39, 0.29) is 0 Å². The maximum Gasteiger partial charge on any atom is 0.241 e. The van der Waals surface area contributed by atoms with Crippen LogP contribution in [0.1, 0.15) is 25.1 Å². The smallest absolute Gasteiger partial charge is 0.241 e. The quantitative estimate of drug-likeness (QED) is 0.507. The van der Waals surface area contributed by atoms with Crippen LogP contribution in [-0.4, -0.2) is 31.7 Å². The topological polar surface area (TPSA) is 51.7 Å². The molecule has 128 valence electrons. The zero-order valence-electron chi connectivity index (χ0n) is 14.0. The number of ether oxygens (including phenoxy) is 2. The number of anilines is 1. The molecule has 2 aromatic rings. The van der Waals surface area contributed by atoms with Gasteiger partial charge in [0.2, 0.25) is 12.2 Å². The highest BCUT2D eigenvalue weighted by atomic mass is 79.9. The van der Waals surface area contributed by atoms with E-state index < -0.39 is 5.79 Å². The number of benzene rings is 1. The predicted molar refractivity (Wildman–Crippen MR) is 96.9 cm³/mol. The molecule has 0 aliphatic heterocycles. The molecule has 2 rings (SSSR count). The Morgan fingerprint density at radius 2 is 1.92 bits per heavy atom. The lowest BCUT2D eigenvalue weighted by Crippen LogP contribution is -2.37. The normalized spacial score (nSPS) is 11.3. The van der Waals surface area contributed by atoms with Crippen LogP contribution >= 0.6 is 15.9 Å². The molecule has 5 nitrogen and oxygen atoms in total. The van der Waals surface area contributed by atoms with Gasteiger partial charge in [-0.1, -0.05) is 22.0 Å². The second-order valence-corrected chi connectivity index (χ2v) is 5.99. The van der Waals surface area contributed by atoms with Crippen LogP contribution in [0.25, 0.3) is 0 Å². The van der Waals surface area contributed by atoms with Gasteiger partial charge in [0.1, 0.15) is 5.69 Å². The second kappa shape index (κ2) is 8.37. The van der Waals surface area contributed by atoms with Crippen molar-refractivity contribution < 1.29 is 14.3 Å². The summed E-state index contributed by atoms with van der Waals surface area (Å²) in [6, 6.07) is 11.2. The van der Waals surface area contributed by atoms with Crippen LogP contribution in [0.15, 0.2) is 47.1 Å². The summed E-state index contributed by atoms with van der Waals surface area (Å²) in [6.07, 6.45) is 2.46. The Labute approximate surface area is 150 Å². The molecular weight excluding hydrogens is 372 g/mol. The lowest BCUT2D eigenvalue weighted by molar-refractivity contribution is -0.215. The summed E-state index contributed by atoms with van der Waals surface area (Å²) >= 11 is 3.50. The second-order valence-electron chi connectivity index (χ2n) is 5.08. The molecule has 0 unspecified atom stereocenters. The number of hydrogen-bond acceptors (Lipinski definition) is 4. The first kappa shape index (κ1) is 18.6. The van der Waals surface area contributed by atoms with Gasteiger partial charge in [0, 0.05) is 36.5 Å². The molecule has 0 aliphatic rings. The lowest BCUT2D eigenvalue weighted by atomic mass is 9.98. The maximum atomic E-state index is 11.3. The minimum atomic E-state index is -1.19. The van der Waals surface area contributed by atoms with Gasteiger partial charge in [-0.15, -0.1) is 0 Å². The number of carbonyl (C=O) groups is 1. The van der Waals surface area contributed by atoms with Crippen molar-refractivity contribution in [2.75, 3.05) is 25.2 Å². The first-order valence-electron chi connectivity index (χ1n) is 7.76. The number of hydrogen-bond donors (Lipinski definition) is 0. The average Bonchev–Trinajstić information content (AvgIpc) is 2.61. The van der Waals surface area contributed by atoms with E-state index in [2.05, 4.69) is 20.9 Å². The van der Waals surface area contributed by atoms with Crippen molar-refractivity contribution in [3.8, 4) is 0 Å². The fourth-order valence-corrected chi connectivity index (χ4v) is 2.94. The fourth-order valence-electron chi connectivity index (χ4n) is 2.58. The molecule has 1 amide bonds. The van der Waals surface area contributed by atoms with Crippen LogP contribution in [0.3, 0.4) is 0 Å². The molecule has 1 aromatic heterocycles. The van der Waals surface area contributed by atoms with E-state index in [1.54, 1.807) is 13.2 Å². The molecule has 0 aliphatic carbocycles. The van der Waals surface area contributed by atoms with Crippen molar-refractivity contribution in [1.29, 1.82) is 0 Å². The van der Waals surface area contributed by atoms with E-state index in [9.17, 15) is 4.79 Å². The molecule has 0 fully saturated rings. The highest BCUT2D eigenvalue weighted by molar-refractivity contribution is 9.10. The van der Waals surface area contributed by atoms with Crippen LogP contribution in [0.2, 0.25) is 0 Å². The third kappa shape index (κ3) is 3.66. The molecule has 1 heterocycles. The molecule has 24 heavy (non-hydrogen) atoms. The zero-order valence-corrected chi connectivity index (χ0v) is 15.6. The van der Waals surface area contributed by atoms with E-state index in [0.29, 0.717) is 30.2 Å². The van der Waals surface area contributed by atoms with Crippen molar-refractivity contribution in [3.63, 3.8) is 0 Å². The Morgan fingerprint density at radius 3 is 2.46 bits per heavy atom. The van der Waals surface area contributed by atoms with Gasteiger partial charge in [0.05, 0.1) is 5.69 Å². The van der Waals surface area contributed by atoms with E-state index in [4.69, 9.17) is 9.47 Å². The zero-order chi connectivity index (χ0) is 17.6. The fraction of sp³-hybridized carbons (Fsp3) is 0.333. The molecule has 0 saturated carbocycles. The van der Waals surface area contributed by atoms with Gasteiger partial charge in [-0.2, -0.15) is 0 Å². The number of halogens is 1. The maximum absolute atomic E-state index is 11.3. The summed E-state index contributed by atoms with van der Waals surface area (Å²) < 4.78 is 13.0. The number of amides is 1. The summed E-state index contributed by atoms with van der Waals surface area (Å²) in [5, 5.41) is 0. The third-order valence-electron chi connectivity index (χ3n) is 3.55. The van der Waals surface area contributed by atoms with Crippen molar-refractivity contribution in [2.24, 2.45) is 0 Å². The van der Waals surface area contributed by atoms with Crippen molar-refractivity contribution in [3.05, 3.63) is 58.3 Å². The number of aromatic nitrogens is 1. The SMILES string of the molecule is CCOC(OCC)(c1ccccn1)c1cc(Br)ccc1N(C)C=O. The van der Waals surface area contributed by atoms with Gasteiger partial charge in [-0.3, -0.25) is 9.78 Å². The molecule has 0 bridgehead atoms. The van der Waals surface area contributed by atoms with E-state index in [0.717, 1.165) is 10.9 Å². The Kier molecular flexibility index (Phi) is 6.48. The molecular formula is C18H21BrN2O3. The molecule has 0 radical (unpaired) electrons. The highest BCUT2D eigenvalue weighted by Crippen LogP contribution is 2.40. The minimum Gasteiger partial charge on any atom is -0.341 e. The Hall–Kier alpha value is -1.76. The largest absolute Gasteiger partial charge is 0.341 e. The summed E-state index contributed by atoms with van der Waals surface area (Å²) in [5.74, 6) is -1.19. The lowest BCUT2D eigenvalue weighted by Gasteiger charge is -2.35. The minimum absolute atomic E-state index is 0.424. The Morgan fingerprint density at radius 1 is 1.21 bits per heavy atom. The number of rotatable bonds is 8. The van der Waals surface area contributed by atoms with Gasteiger partial charge < -0.3 is 14.4 Å². The average molecular weight is 393 g/mol. The summed E-state index contributed by atoms with van der Waals surface area (Å²) in [7, 11) is 1.70. The summed E-state index contributed by atoms with van der Waals surface area (Å²) in [4.78, 5) is 17.3. The van der Waals surface area contributed by atoms with Gasteiger partial charge in [0.15, 0.2) is 0 Å². The molecule has 0 saturated heterocycles. The number of nitrogens with zero attached hydrogens (tertiary/aromatic N) is 2. The number of carbonyl (C=O) groups excluding carboxylic acids is 1. The van der Waals surface area contributed by atoms with Crippen LogP contribution in [0, 0.1) is 0 Å². The van der Waals surface area contributed by atoms with E-state index >= 15 is 0 Å². The molecule has 0 spiro atoms. The predicted octanol–water partition coefficient (Wildman–Crippen LogP) is 3.71. The molecule has 0 atom stereocenters. The van der Waals surface area contributed by atoms with Crippen molar-refractivity contribution >= 4 is 28.0 Å². The van der Waals surface area contributed by atoms with Crippen LogP contribution in [-0.2, 0) is 20.1 Å². The van der Waals surface area contributed by atoms with Gasteiger partial charge >= 0.3 is 0 Å². The summed E-state index contributed by atoms with van der Waals surface area (Å²) in [5.41, 5.74) is 2.04. The van der Waals surface area contributed by atoms with Crippen LogP contribution in [0.5, 0.6) is 0 Å². The van der Waals surface area contributed by atoms with Crippen LogP contribution in [0.4, 0.5) is 5.69 Å². The van der Waals surface area contributed by atoms with Crippen LogP contribution < -0.4 is 4.90 Å². The monoisotopic (exact) mass is 392 g/mol. The Balaban J connectivity index is 2.76. The third-order valence-corrected chi connectivity index (χ3v) is 4.04. The van der Waals surface area contributed by atoms with Gasteiger partial charge in [0.25, 0.3) is 0 Å². The molecule has 1 aromatic carbocycles. The first-order chi connectivity index (χ1) is 11.6. The van der Waals surface area contributed by atoms with E-state index in [1.807, 2.05) is 50.2 Å². The number of pyridine rings is 1. The summed E-state index contributed by atoms with van der Waals surface area (Å²) in [6.45, 7) is 4.65. The standard InChI is InChI=1S/C18H21BrN2O3/c1-4-23-18(24-5-2,17-8-6-7-11-20-17)15-12-14(19)9-10-16(15)21(3)13-22/h6-13H,4-5H2,1-3H3. The Bertz CT molecular complexity index is 673. The van der Waals surface area contributed by atoms with Gasteiger partial charge in [-0.25, -0.2) is 0 Å². The van der Waals surface area contributed by atoms with Gasteiger partial charge in [-0.05, 0) is 44.2 Å². The highest BCUT2D eigenvalue weighted by Gasteiger charge is 2.40. The molecule has 6 heteroatoms. The first-order valence-corrected chi connectivity index (χ1v) is 8.56. The van der Waals surface area contributed by atoms with Crippen molar-refractivity contribution in [2.45, 2.75) is 19.6 Å².